The van der Waals surface area contributed by atoms with Gasteiger partial charge in [-0.15, -0.1) is 11.3 Å². The Morgan fingerprint density at radius 1 is 1.21 bits per heavy atom. The van der Waals surface area contributed by atoms with Gasteiger partial charge in [0.05, 0.1) is 6.04 Å². The van der Waals surface area contributed by atoms with Crippen LogP contribution in [0, 0.1) is 0 Å². The molecule has 158 valence electrons. The molecule has 2 aromatic rings. The molecular weight excluding hydrogens is 378 g/mol. The fraction of sp³-hybridized carbons (Fsp3) is 0.583. The van der Waals surface area contributed by atoms with Gasteiger partial charge < -0.3 is 10.6 Å². The summed E-state index contributed by atoms with van der Waals surface area (Å²) < 4.78 is 0. The molecule has 1 aliphatic carbocycles. The molecule has 1 amide bonds. The molecule has 1 unspecified atom stereocenters. The normalized spacial score (nSPS) is 17.4. The first kappa shape index (κ1) is 22.0. The molecule has 0 saturated heterocycles. The molecule has 0 saturated carbocycles. The van der Waals surface area contributed by atoms with Crippen LogP contribution < -0.4 is 10.6 Å². The van der Waals surface area contributed by atoms with E-state index in [-0.39, 0.29) is 11.9 Å². The minimum absolute atomic E-state index is 0.0393. The second kappa shape index (κ2) is 9.86. The van der Waals surface area contributed by atoms with Gasteiger partial charge in [0.2, 0.25) is 5.91 Å². The summed E-state index contributed by atoms with van der Waals surface area (Å²) in [6.07, 6.45) is 6.84. The SMILES string of the molecule is CCC[C@H](NC1CCc2cc(C(C)C)ccc2C1)C(=O)Nc1ncc(C(C)C)s1. The Labute approximate surface area is 179 Å². The van der Waals surface area contributed by atoms with Crippen LogP contribution in [0.15, 0.2) is 24.4 Å². The maximum atomic E-state index is 12.9. The fourth-order valence-electron chi connectivity index (χ4n) is 3.94. The van der Waals surface area contributed by atoms with Crippen molar-refractivity contribution < 1.29 is 4.79 Å². The predicted molar refractivity (Wildman–Crippen MR) is 123 cm³/mol. The zero-order valence-electron chi connectivity index (χ0n) is 18.4. The molecule has 0 spiro atoms. The number of hydrogen-bond donors (Lipinski definition) is 2. The van der Waals surface area contributed by atoms with Gasteiger partial charge in [-0.3, -0.25) is 4.79 Å². The zero-order valence-corrected chi connectivity index (χ0v) is 19.2. The molecule has 3 rings (SSSR count). The van der Waals surface area contributed by atoms with Crippen molar-refractivity contribution in [2.24, 2.45) is 0 Å². The van der Waals surface area contributed by atoms with Gasteiger partial charge in [-0.05, 0) is 54.2 Å². The van der Waals surface area contributed by atoms with E-state index in [0.717, 1.165) is 32.1 Å². The van der Waals surface area contributed by atoms with Crippen molar-refractivity contribution in [3.63, 3.8) is 0 Å². The monoisotopic (exact) mass is 413 g/mol. The first-order chi connectivity index (χ1) is 13.9. The quantitative estimate of drug-likeness (QED) is 0.588. The Kier molecular flexibility index (Phi) is 7.47. The second-order valence-electron chi connectivity index (χ2n) is 8.84. The third-order valence-corrected chi connectivity index (χ3v) is 6.99. The number of carbonyl (C=O) groups is 1. The molecule has 1 aromatic carbocycles. The molecule has 2 N–H and O–H groups in total. The Bertz CT molecular complexity index is 827. The number of nitrogens with zero attached hydrogens (tertiary/aromatic N) is 1. The zero-order chi connectivity index (χ0) is 21.0. The molecule has 0 bridgehead atoms. The molecule has 1 heterocycles. The number of aromatic nitrogens is 1. The Morgan fingerprint density at radius 2 is 2.00 bits per heavy atom. The van der Waals surface area contributed by atoms with E-state index in [1.165, 1.54) is 21.6 Å². The number of thiazole rings is 1. The van der Waals surface area contributed by atoms with Gasteiger partial charge in [0.25, 0.3) is 0 Å². The molecular formula is C24H35N3OS. The topological polar surface area (TPSA) is 54.0 Å². The van der Waals surface area contributed by atoms with Crippen molar-refractivity contribution in [1.82, 2.24) is 10.3 Å². The highest BCUT2D eigenvalue weighted by atomic mass is 32.1. The molecule has 0 fully saturated rings. The van der Waals surface area contributed by atoms with E-state index in [1.54, 1.807) is 11.3 Å². The molecule has 0 radical (unpaired) electrons. The summed E-state index contributed by atoms with van der Waals surface area (Å²) in [5.74, 6) is 1.04. The highest BCUT2D eigenvalue weighted by Gasteiger charge is 2.25. The summed E-state index contributed by atoms with van der Waals surface area (Å²) in [5.41, 5.74) is 4.33. The smallest absolute Gasteiger partial charge is 0.243 e. The minimum Gasteiger partial charge on any atom is -0.303 e. The van der Waals surface area contributed by atoms with Gasteiger partial charge >= 0.3 is 0 Å². The van der Waals surface area contributed by atoms with Crippen LogP contribution in [0.1, 0.15) is 87.3 Å². The standard InChI is InChI=1S/C24H35N3OS/c1-6-7-21(23(28)27-24-25-14-22(29-24)16(4)5)26-20-11-10-18-12-17(15(2)3)8-9-19(18)13-20/h8-9,12,14-16,20-21,26H,6-7,10-11,13H2,1-5H3,(H,25,27,28)/t20?,21-/m0/s1. The predicted octanol–water partition coefficient (Wildman–Crippen LogP) is 5.64. The number of anilines is 1. The number of fused-ring (bicyclic) bond motifs is 1. The van der Waals surface area contributed by atoms with Crippen molar-refractivity contribution in [2.45, 2.75) is 90.6 Å². The molecule has 1 aliphatic rings. The number of benzene rings is 1. The Balaban J connectivity index is 1.63. The van der Waals surface area contributed by atoms with Gasteiger partial charge in [-0.1, -0.05) is 59.2 Å². The Morgan fingerprint density at radius 3 is 2.66 bits per heavy atom. The van der Waals surface area contributed by atoms with Crippen molar-refractivity contribution in [2.75, 3.05) is 5.32 Å². The van der Waals surface area contributed by atoms with E-state index < -0.39 is 0 Å². The first-order valence-corrected chi connectivity index (χ1v) is 11.8. The average Bonchev–Trinajstić information content (AvgIpc) is 3.16. The van der Waals surface area contributed by atoms with Crippen molar-refractivity contribution in [3.8, 4) is 0 Å². The summed E-state index contributed by atoms with van der Waals surface area (Å²) >= 11 is 1.57. The maximum absolute atomic E-state index is 12.9. The van der Waals surface area contributed by atoms with E-state index >= 15 is 0 Å². The van der Waals surface area contributed by atoms with Gasteiger partial charge in [-0.2, -0.15) is 0 Å². The van der Waals surface area contributed by atoms with Gasteiger partial charge in [0, 0.05) is 17.1 Å². The summed E-state index contributed by atoms with van der Waals surface area (Å²) in [6, 6.07) is 7.10. The van der Waals surface area contributed by atoms with Gasteiger partial charge in [0.1, 0.15) is 0 Å². The number of aryl methyl sites for hydroxylation is 1. The average molecular weight is 414 g/mol. The molecule has 5 heteroatoms. The first-order valence-electron chi connectivity index (χ1n) is 11.0. The van der Waals surface area contributed by atoms with E-state index in [0.29, 0.717) is 23.0 Å². The van der Waals surface area contributed by atoms with Crippen LogP contribution in [0.4, 0.5) is 5.13 Å². The number of nitrogens with one attached hydrogen (secondary N) is 2. The van der Waals surface area contributed by atoms with Crippen LogP contribution >= 0.6 is 11.3 Å². The highest BCUT2D eigenvalue weighted by molar-refractivity contribution is 7.15. The number of amides is 1. The lowest BCUT2D eigenvalue weighted by Crippen LogP contribution is -2.47. The van der Waals surface area contributed by atoms with Crippen molar-refractivity contribution >= 4 is 22.4 Å². The molecule has 29 heavy (non-hydrogen) atoms. The highest BCUT2D eigenvalue weighted by Crippen LogP contribution is 2.27. The van der Waals surface area contributed by atoms with Crippen molar-refractivity contribution in [3.05, 3.63) is 46.0 Å². The summed E-state index contributed by atoms with van der Waals surface area (Å²) in [5, 5.41) is 7.39. The number of carbonyl (C=O) groups excluding carboxylic acids is 1. The van der Waals surface area contributed by atoms with Crippen LogP contribution in [-0.2, 0) is 17.6 Å². The van der Waals surface area contributed by atoms with Crippen LogP contribution in [0.25, 0.3) is 0 Å². The molecule has 1 aromatic heterocycles. The third kappa shape index (κ3) is 5.67. The third-order valence-electron chi connectivity index (χ3n) is 5.78. The second-order valence-corrected chi connectivity index (χ2v) is 9.90. The van der Waals surface area contributed by atoms with E-state index in [9.17, 15) is 4.79 Å². The number of hydrogen-bond acceptors (Lipinski definition) is 4. The van der Waals surface area contributed by atoms with Crippen LogP contribution in [0.2, 0.25) is 0 Å². The number of rotatable bonds is 8. The van der Waals surface area contributed by atoms with Crippen LogP contribution in [-0.4, -0.2) is 23.0 Å². The molecule has 4 nitrogen and oxygen atoms in total. The largest absolute Gasteiger partial charge is 0.303 e. The van der Waals surface area contributed by atoms with E-state index in [2.05, 4.69) is 68.4 Å². The summed E-state index contributed by atoms with van der Waals surface area (Å²) in [6.45, 7) is 10.9. The van der Waals surface area contributed by atoms with Crippen LogP contribution in [0.3, 0.4) is 0 Å². The van der Waals surface area contributed by atoms with Gasteiger partial charge in [0.15, 0.2) is 5.13 Å². The minimum atomic E-state index is -0.173. The molecule has 2 atom stereocenters. The Hall–Kier alpha value is -1.72. The van der Waals surface area contributed by atoms with E-state index in [4.69, 9.17) is 0 Å². The summed E-state index contributed by atoms with van der Waals surface area (Å²) in [7, 11) is 0. The maximum Gasteiger partial charge on any atom is 0.243 e. The van der Waals surface area contributed by atoms with E-state index in [1.807, 2.05) is 6.20 Å². The van der Waals surface area contributed by atoms with Crippen molar-refractivity contribution in [1.29, 1.82) is 0 Å². The molecule has 0 aliphatic heterocycles. The van der Waals surface area contributed by atoms with Gasteiger partial charge in [-0.25, -0.2) is 4.98 Å². The lowest BCUT2D eigenvalue weighted by atomic mass is 9.85. The van der Waals surface area contributed by atoms with Crippen LogP contribution in [0.5, 0.6) is 0 Å². The lowest BCUT2D eigenvalue weighted by Gasteiger charge is -2.29. The lowest BCUT2D eigenvalue weighted by molar-refractivity contribution is -0.118. The fourth-order valence-corrected chi connectivity index (χ4v) is 4.76. The summed E-state index contributed by atoms with van der Waals surface area (Å²) in [4.78, 5) is 18.5.